The summed E-state index contributed by atoms with van der Waals surface area (Å²) < 4.78 is 0. The standard InChI is InChI=1S/C24H46N4O2/c1-21(2)11-9-12-22(3,4)27(21)17-19(29)25-15-16-26-20(30)18-28-23(5,6)13-10-14-24(28,7)8/h9-18H2,1-8H3,(H,25,29)(H,26,30). The molecule has 174 valence electrons. The minimum atomic E-state index is 0.0291. The predicted octanol–water partition coefficient (Wildman–Crippen LogP) is 3.31. The first kappa shape index (κ1) is 25.1. The second kappa shape index (κ2) is 9.15. The summed E-state index contributed by atoms with van der Waals surface area (Å²) in [6.07, 6.45) is 6.86. The van der Waals surface area contributed by atoms with Crippen LogP contribution in [0.3, 0.4) is 0 Å². The van der Waals surface area contributed by atoms with Crippen molar-refractivity contribution in [2.24, 2.45) is 0 Å². The lowest BCUT2D eigenvalue weighted by Gasteiger charge is -2.52. The summed E-state index contributed by atoms with van der Waals surface area (Å²) in [4.78, 5) is 29.8. The van der Waals surface area contributed by atoms with Crippen LogP contribution in [0, 0.1) is 0 Å². The zero-order chi connectivity index (χ0) is 22.8. The molecule has 2 aliphatic rings. The second-order valence-corrected chi connectivity index (χ2v) is 11.8. The number of rotatable bonds is 7. The summed E-state index contributed by atoms with van der Waals surface area (Å²) in [6, 6.07) is 0. The second-order valence-electron chi connectivity index (χ2n) is 11.8. The highest BCUT2D eigenvalue weighted by Crippen LogP contribution is 2.38. The molecule has 2 N–H and O–H groups in total. The van der Waals surface area contributed by atoms with Gasteiger partial charge in [0.05, 0.1) is 13.1 Å². The fourth-order valence-electron chi connectivity index (χ4n) is 5.74. The highest BCUT2D eigenvalue weighted by Gasteiger charge is 2.43. The zero-order valence-corrected chi connectivity index (χ0v) is 20.8. The van der Waals surface area contributed by atoms with E-state index >= 15 is 0 Å². The van der Waals surface area contributed by atoms with Gasteiger partial charge in [-0.05, 0) is 93.9 Å². The van der Waals surface area contributed by atoms with Crippen LogP contribution in [0.1, 0.15) is 93.9 Å². The van der Waals surface area contributed by atoms with Crippen molar-refractivity contribution >= 4 is 11.8 Å². The van der Waals surface area contributed by atoms with E-state index in [1.54, 1.807) is 0 Å². The third-order valence-electron chi connectivity index (χ3n) is 7.45. The predicted molar refractivity (Wildman–Crippen MR) is 123 cm³/mol. The van der Waals surface area contributed by atoms with E-state index < -0.39 is 0 Å². The first-order chi connectivity index (χ1) is 13.7. The van der Waals surface area contributed by atoms with Crippen molar-refractivity contribution < 1.29 is 9.59 Å². The molecule has 0 aromatic carbocycles. The van der Waals surface area contributed by atoms with Crippen LogP contribution in [0.5, 0.6) is 0 Å². The van der Waals surface area contributed by atoms with Crippen molar-refractivity contribution in [3.63, 3.8) is 0 Å². The minimum Gasteiger partial charge on any atom is -0.353 e. The van der Waals surface area contributed by atoms with Crippen LogP contribution in [-0.4, -0.2) is 69.9 Å². The zero-order valence-electron chi connectivity index (χ0n) is 20.8. The van der Waals surface area contributed by atoms with Gasteiger partial charge in [0.25, 0.3) is 0 Å². The molecular weight excluding hydrogens is 376 g/mol. The first-order valence-electron chi connectivity index (χ1n) is 11.8. The maximum absolute atomic E-state index is 12.5. The van der Waals surface area contributed by atoms with Crippen molar-refractivity contribution in [1.29, 1.82) is 0 Å². The molecule has 2 amide bonds. The highest BCUT2D eigenvalue weighted by atomic mass is 16.2. The summed E-state index contributed by atoms with van der Waals surface area (Å²) in [5, 5.41) is 5.98. The molecule has 6 nitrogen and oxygen atoms in total. The number of carbonyl (C=O) groups is 2. The Hall–Kier alpha value is -1.14. The van der Waals surface area contributed by atoms with Gasteiger partial charge < -0.3 is 10.6 Å². The lowest BCUT2D eigenvalue weighted by molar-refractivity contribution is -0.129. The molecule has 6 heteroatoms. The van der Waals surface area contributed by atoms with Gasteiger partial charge >= 0.3 is 0 Å². The van der Waals surface area contributed by atoms with Crippen LogP contribution in [0.15, 0.2) is 0 Å². The molecular formula is C24H46N4O2. The number of amides is 2. The van der Waals surface area contributed by atoms with Crippen LogP contribution >= 0.6 is 0 Å². The molecule has 0 spiro atoms. The van der Waals surface area contributed by atoms with E-state index in [0.717, 1.165) is 25.7 Å². The lowest BCUT2D eigenvalue weighted by atomic mass is 9.80. The Morgan fingerprint density at radius 2 is 0.867 bits per heavy atom. The molecule has 0 atom stereocenters. The van der Waals surface area contributed by atoms with E-state index in [1.807, 2.05) is 0 Å². The molecule has 0 aromatic rings. The summed E-state index contributed by atoms with van der Waals surface area (Å²) in [5.74, 6) is 0.0659. The van der Waals surface area contributed by atoms with Crippen molar-refractivity contribution in [3.05, 3.63) is 0 Å². The first-order valence-corrected chi connectivity index (χ1v) is 11.8. The average molecular weight is 423 g/mol. The number of hydrogen-bond acceptors (Lipinski definition) is 4. The number of nitrogens with zero attached hydrogens (tertiary/aromatic N) is 2. The van der Waals surface area contributed by atoms with Crippen LogP contribution in [0.2, 0.25) is 0 Å². The Morgan fingerprint density at radius 1 is 0.600 bits per heavy atom. The van der Waals surface area contributed by atoms with E-state index in [0.29, 0.717) is 26.2 Å². The quantitative estimate of drug-likeness (QED) is 0.618. The number of piperidine rings is 2. The Labute approximate surface area is 184 Å². The Kier molecular flexibility index (Phi) is 7.67. The molecule has 30 heavy (non-hydrogen) atoms. The summed E-state index contributed by atoms with van der Waals surface area (Å²) in [6.45, 7) is 19.6. The molecule has 0 bridgehead atoms. The van der Waals surface area contributed by atoms with Gasteiger partial charge in [-0.2, -0.15) is 0 Å². The number of nitrogens with one attached hydrogen (secondary N) is 2. The van der Waals surface area contributed by atoms with Crippen molar-refractivity contribution in [3.8, 4) is 0 Å². The van der Waals surface area contributed by atoms with E-state index in [-0.39, 0.29) is 34.0 Å². The van der Waals surface area contributed by atoms with Gasteiger partial charge in [-0.15, -0.1) is 0 Å². The summed E-state index contributed by atoms with van der Waals surface area (Å²) >= 11 is 0. The molecule has 0 aromatic heterocycles. The molecule has 0 aliphatic carbocycles. The normalized spacial score (nSPS) is 25.5. The fourth-order valence-corrected chi connectivity index (χ4v) is 5.74. The van der Waals surface area contributed by atoms with E-state index in [9.17, 15) is 9.59 Å². The Balaban J connectivity index is 1.76. The molecule has 2 fully saturated rings. The topological polar surface area (TPSA) is 64.7 Å². The third kappa shape index (κ3) is 6.19. The molecule has 0 radical (unpaired) electrons. The number of likely N-dealkylation sites (tertiary alicyclic amines) is 2. The van der Waals surface area contributed by atoms with Crippen molar-refractivity contribution in [1.82, 2.24) is 20.4 Å². The summed E-state index contributed by atoms with van der Waals surface area (Å²) in [5.41, 5.74) is 0.116. The smallest absolute Gasteiger partial charge is 0.234 e. The monoisotopic (exact) mass is 422 g/mol. The van der Waals surface area contributed by atoms with Crippen LogP contribution < -0.4 is 10.6 Å². The van der Waals surface area contributed by atoms with Crippen molar-refractivity contribution in [2.45, 2.75) is 116 Å². The van der Waals surface area contributed by atoms with Gasteiger partial charge in [-0.1, -0.05) is 0 Å². The maximum Gasteiger partial charge on any atom is 0.234 e. The van der Waals surface area contributed by atoms with Crippen molar-refractivity contribution in [2.75, 3.05) is 26.2 Å². The van der Waals surface area contributed by atoms with Gasteiger partial charge in [0.1, 0.15) is 0 Å². The van der Waals surface area contributed by atoms with Gasteiger partial charge in [0, 0.05) is 35.2 Å². The molecule has 2 heterocycles. The highest BCUT2D eigenvalue weighted by molar-refractivity contribution is 5.79. The largest absolute Gasteiger partial charge is 0.353 e. The third-order valence-corrected chi connectivity index (χ3v) is 7.45. The molecule has 2 rings (SSSR count). The lowest BCUT2D eigenvalue weighted by Crippen LogP contribution is -2.61. The Bertz CT molecular complexity index is 539. The van der Waals surface area contributed by atoms with Gasteiger partial charge in [-0.3, -0.25) is 19.4 Å². The molecule has 2 aliphatic heterocycles. The molecule has 0 unspecified atom stereocenters. The summed E-state index contributed by atoms with van der Waals surface area (Å²) in [7, 11) is 0. The molecule has 2 saturated heterocycles. The van der Waals surface area contributed by atoms with E-state index in [4.69, 9.17) is 0 Å². The van der Waals surface area contributed by atoms with Crippen LogP contribution in [0.4, 0.5) is 0 Å². The van der Waals surface area contributed by atoms with Gasteiger partial charge in [-0.25, -0.2) is 0 Å². The minimum absolute atomic E-state index is 0.0291. The Morgan fingerprint density at radius 3 is 1.13 bits per heavy atom. The maximum atomic E-state index is 12.5. The molecule has 0 saturated carbocycles. The number of carbonyl (C=O) groups excluding carboxylic acids is 2. The van der Waals surface area contributed by atoms with E-state index in [2.05, 4.69) is 75.8 Å². The van der Waals surface area contributed by atoms with Gasteiger partial charge in [0.2, 0.25) is 11.8 Å². The van der Waals surface area contributed by atoms with E-state index in [1.165, 1.54) is 12.8 Å². The average Bonchev–Trinajstić information content (AvgIpc) is 2.58. The van der Waals surface area contributed by atoms with Crippen LogP contribution in [0.25, 0.3) is 0 Å². The van der Waals surface area contributed by atoms with Gasteiger partial charge in [0.15, 0.2) is 0 Å². The number of hydrogen-bond donors (Lipinski definition) is 2. The SMILES string of the molecule is CC1(C)CCCC(C)(C)N1CC(=O)NCCNC(=O)CN1C(C)(C)CCCC1(C)C. The van der Waals surface area contributed by atoms with Crippen LogP contribution in [-0.2, 0) is 9.59 Å². The fraction of sp³-hybridized carbons (Fsp3) is 0.917.